The van der Waals surface area contributed by atoms with Gasteiger partial charge in [-0.15, -0.1) is 0 Å². The Bertz CT molecular complexity index is 638. The molecule has 0 saturated heterocycles. The van der Waals surface area contributed by atoms with E-state index in [0.717, 1.165) is 0 Å². The van der Waals surface area contributed by atoms with Crippen molar-refractivity contribution in [2.45, 2.75) is 20.0 Å². The number of nitrogen functional groups attached to an aromatic ring is 1. The molecule has 0 radical (unpaired) electrons. The van der Waals surface area contributed by atoms with Gasteiger partial charge in [0.25, 0.3) is 0 Å². The number of hydrogen-bond donors (Lipinski definition) is 1. The molecule has 0 bridgehead atoms. The van der Waals surface area contributed by atoms with Gasteiger partial charge in [0.15, 0.2) is 5.78 Å². The number of benzene rings is 2. The van der Waals surface area contributed by atoms with Crippen LogP contribution in [0.25, 0.3) is 0 Å². The lowest BCUT2D eigenvalue weighted by molar-refractivity contribution is 0.103. The van der Waals surface area contributed by atoms with E-state index in [1.807, 2.05) is 13.8 Å². The first-order chi connectivity index (χ1) is 9.47. The van der Waals surface area contributed by atoms with Crippen molar-refractivity contribution in [2.75, 3.05) is 5.73 Å². The predicted molar refractivity (Wildman–Crippen MR) is 81.5 cm³/mol. The molecule has 0 unspecified atom stereocenters. The number of hydrogen-bond acceptors (Lipinski definition) is 3. The molecule has 2 aromatic rings. The number of rotatable bonds is 4. The highest BCUT2D eigenvalue weighted by Gasteiger charge is 2.14. The topological polar surface area (TPSA) is 52.3 Å². The van der Waals surface area contributed by atoms with Gasteiger partial charge >= 0.3 is 0 Å². The van der Waals surface area contributed by atoms with Crippen LogP contribution in [0.1, 0.15) is 29.8 Å². The van der Waals surface area contributed by atoms with Crippen molar-refractivity contribution < 1.29 is 9.53 Å². The first-order valence-electron chi connectivity index (χ1n) is 6.34. The Morgan fingerprint density at radius 3 is 2.55 bits per heavy atom. The Kier molecular flexibility index (Phi) is 4.30. The Balaban J connectivity index is 2.31. The molecule has 2 N–H and O–H groups in total. The summed E-state index contributed by atoms with van der Waals surface area (Å²) in [4.78, 5) is 12.4. The first-order valence-corrected chi connectivity index (χ1v) is 6.71. The van der Waals surface area contributed by atoms with Gasteiger partial charge in [0.2, 0.25) is 0 Å². The Morgan fingerprint density at radius 1 is 1.20 bits per heavy atom. The highest BCUT2D eigenvalue weighted by Crippen LogP contribution is 2.25. The van der Waals surface area contributed by atoms with Crippen molar-refractivity contribution in [3.05, 3.63) is 58.6 Å². The number of anilines is 1. The molecule has 0 aromatic heterocycles. The van der Waals surface area contributed by atoms with Crippen molar-refractivity contribution in [3.8, 4) is 5.75 Å². The maximum absolute atomic E-state index is 12.4. The number of ketones is 1. The highest BCUT2D eigenvalue weighted by atomic mass is 35.5. The molecule has 0 heterocycles. The zero-order valence-electron chi connectivity index (χ0n) is 11.4. The number of ether oxygens (including phenoxy) is 1. The molecule has 0 aliphatic heterocycles. The second kappa shape index (κ2) is 5.97. The number of carbonyl (C=O) groups is 1. The lowest BCUT2D eigenvalue weighted by Gasteiger charge is -2.11. The lowest BCUT2D eigenvalue weighted by atomic mass is 10.0. The van der Waals surface area contributed by atoms with E-state index in [1.165, 1.54) is 0 Å². The van der Waals surface area contributed by atoms with Crippen LogP contribution in [0, 0.1) is 0 Å². The maximum Gasteiger partial charge on any atom is 0.194 e. The van der Waals surface area contributed by atoms with Gasteiger partial charge in [0.05, 0.1) is 11.1 Å². The SMILES string of the molecule is CC(C)Oc1ccc(C(=O)c2cccc(N)c2)c(Cl)c1. The van der Waals surface area contributed by atoms with Gasteiger partial charge in [0.1, 0.15) is 5.75 Å². The molecule has 20 heavy (non-hydrogen) atoms. The average molecular weight is 290 g/mol. The van der Waals surface area contributed by atoms with Crippen molar-refractivity contribution in [1.29, 1.82) is 0 Å². The summed E-state index contributed by atoms with van der Waals surface area (Å²) in [5.41, 5.74) is 7.19. The van der Waals surface area contributed by atoms with Gasteiger partial charge < -0.3 is 10.5 Å². The molecule has 0 spiro atoms. The van der Waals surface area contributed by atoms with Crippen LogP contribution in [-0.4, -0.2) is 11.9 Å². The summed E-state index contributed by atoms with van der Waals surface area (Å²) < 4.78 is 5.54. The smallest absolute Gasteiger partial charge is 0.194 e. The molecule has 3 nitrogen and oxygen atoms in total. The fraction of sp³-hybridized carbons (Fsp3) is 0.188. The van der Waals surface area contributed by atoms with Crippen LogP contribution in [-0.2, 0) is 0 Å². The van der Waals surface area contributed by atoms with E-state index < -0.39 is 0 Å². The zero-order chi connectivity index (χ0) is 14.7. The molecule has 0 saturated carbocycles. The van der Waals surface area contributed by atoms with E-state index in [4.69, 9.17) is 22.1 Å². The summed E-state index contributed by atoms with van der Waals surface area (Å²) in [5.74, 6) is 0.493. The fourth-order valence-electron chi connectivity index (χ4n) is 1.86. The third-order valence-corrected chi connectivity index (χ3v) is 3.02. The van der Waals surface area contributed by atoms with E-state index in [1.54, 1.807) is 42.5 Å². The second-order valence-electron chi connectivity index (χ2n) is 4.76. The zero-order valence-corrected chi connectivity index (χ0v) is 12.1. The van der Waals surface area contributed by atoms with Gasteiger partial charge in [0, 0.05) is 16.8 Å². The van der Waals surface area contributed by atoms with Crippen LogP contribution >= 0.6 is 11.6 Å². The van der Waals surface area contributed by atoms with Crippen LogP contribution in [0.4, 0.5) is 5.69 Å². The molecule has 0 aliphatic carbocycles. The van der Waals surface area contributed by atoms with Gasteiger partial charge in [-0.1, -0.05) is 23.7 Å². The molecule has 0 atom stereocenters. The minimum Gasteiger partial charge on any atom is -0.491 e. The van der Waals surface area contributed by atoms with Gasteiger partial charge in [-0.25, -0.2) is 0 Å². The third-order valence-electron chi connectivity index (χ3n) is 2.71. The molecular formula is C16H16ClNO2. The molecule has 0 aliphatic rings. The van der Waals surface area contributed by atoms with E-state index in [0.29, 0.717) is 27.6 Å². The van der Waals surface area contributed by atoms with Crippen LogP contribution in [0.3, 0.4) is 0 Å². The molecule has 2 rings (SSSR count). The molecular weight excluding hydrogens is 274 g/mol. The van der Waals surface area contributed by atoms with Crippen LogP contribution in [0.5, 0.6) is 5.75 Å². The quantitative estimate of drug-likeness (QED) is 0.685. The largest absolute Gasteiger partial charge is 0.491 e. The first kappa shape index (κ1) is 14.4. The summed E-state index contributed by atoms with van der Waals surface area (Å²) in [6, 6.07) is 11.9. The van der Waals surface area contributed by atoms with Crippen molar-refractivity contribution in [1.82, 2.24) is 0 Å². The van der Waals surface area contributed by atoms with Crippen LogP contribution < -0.4 is 10.5 Å². The Morgan fingerprint density at radius 2 is 1.95 bits per heavy atom. The Labute approximate surface area is 123 Å². The molecule has 104 valence electrons. The second-order valence-corrected chi connectivity index (χ2v) is 5.17. The van der Waals surface area contributed by atoms with Crippen molar-refractivity contribution >= 4 is 23.1 Å². The van der Waals surface area contributed by atoms with Crippen molar-refractivity contribution in [2.24, 2.45) is 0 Å². The van der Waals surface area contributed by atoms with Gasteiger partial charge in [-0.05, 0) is 44.2 Å². The summed E-state index contributed by atoms with van der Waals surface area (Å²) in [6.45, 7) is 3.86. The molecule has 0 fully saturated rings. The van der Waals surface area contributed by atoms with Crippen LogP contribution in [0.2, 0.25) is 5.02 Å². The molecule has 4 heteroatoms. The monoisotopic (exact) mass is 289 g/mol. The van der Waals surface area contributed by atoms with Crippen LogP contribution in [0.15, 0.2) is 42.5 Å². The maximum atomic E-state index is 12.4. The summed E-state index contributed by atoms with van der Waals surface area (Å²) in [7, 11) is 0. The molecule has 0 amide bonds. The third kappa shape index (κ3) is 3.31. The highest BCUT2D eigenvalue weighted by molar-refractivity contribution is 6.35. The van der Waals surface area contributed by atoms with E-state index >= 15 is 0 Å². The predicted octanol–water partition coefficient (Wildman–Crippen LogP) is 3.94. The van der Waals surface area contributed by atoms with Gasteiger partial charge in [-0.3, -0.25) is 4.79 Å². The Hall–Kier alpha value is -2.00. The standard InChI is InChI=1S/C16H16ClNO2/c1-10(2)20-13-6-7-14(15(17)9-13)16(19)11-4-3-5-12(18)8-11/h3-10H,18H2,1-2H3. The van der Waals surface area contributed by atoms with E-state index in [9.17, 15) is 4.79 Å². The minimum absolute atomic E-state index is 0.0570. The lowest BCUT2D eigenvalue weighted by Crippen LogP contribution is -2.07. The molecule has 2 aromatic carbocycles. The van der Waals surface area contributed by atoms with E-state index in [2.05, 4.69) is 0 Å². The average Bonchev–Trinajstić information content (AvgIpc) is 2.37. The van der Waals surface area contributed by atoms with Crippen molar-refractivity contribution in [3.63, 3.8) is 0 Å². The fourth-order valence-corrected chi connectivity index (χ4v) is 2.12. The number of nitrogens with two attached hydrogens (primary N) is 1. The summed E-state index contributed by atoms with van der Waals surface area (Å²) in [6.07, 6.45) is 0.0570. The number of carbonyl (C=O) groups excluding carboxylic acids is 1. The summed E-state index contributed by atoms with van der Waals surface area (Å²) >= 11 is 6.17. The number of halogens is 1. The minimum atomic E-state index is -0.154. The normalized spacial score (nSPS) is 10.6. The summed E-state index contributed by atoms with van der Waals surface area (Å²) in [5, 5.41) is 0.371. The van der Waals surface area contributed by atoms with Gasteiger partial charge in [-0.2, -0.15) is 0 Å². The van der Waals surface area contributed by atoms with E-state index in [-0.39, 0.29) is 11.9 Å².